The smallest absolute Gasteiger partial charge is 0.309 e. The molecule has 0 aliphatic carbocycles. The van der Waals surface area contributed by atoms with Crippen molar-refractivity contribution in [2.45, 2.75) is 58.8 Å². The van der Waals surface area contributed by atoms with Crippen LogP contribution in [0.25, 0.3) is 0 Å². The summed E-state index contributed by atoms with van der Waals surface area (Å²) >= 11 is 0. The van der Waals surface area contributed by atoms with Crippen molar-refractivity contribution in [1.29, 1.82) is 0 Å². The fraction of sp³-hybridized carbons (Fsp3) is 0.632. The minimum atomic E-state index is -3.55. The van der Waals surface area contributed by atoms with Gasteiger partial charge in [-0.05, 0) is 69.2 Å². The second-order valence-corrected chi connectivity index (χ2v) is 8.81. The Bertz CT molecular complexity index is 721. The largest absolute Gasteiger partial charge is 0.465 e. The summed E-state index contributed by atoms with van der Waals surface area (Å²) < 4.78 is 33.1. The summed E-state index contributed by atoms with van der Waals surface area (Å²) in [7, 11) is -3.55. The Morgan fingerprint density at radius 2 is 1.64 bits per heavy atom. The van der Waals surface area contributed by atoms with Gasteiger partial charge < -0.3 is 4.74 Å². The summed E-state index contributed by atoms with van der Waals surface area (Å²) in [6, 6.07) is 2.03. The first-order chi connectivity index (χ1) is 11.7. The van der Waals surface area contributed by atoms with Gasteiger partial charge in [0.05, 0.1) is 17.4 Å². The van der Waals surface area contributed by atoms with E-state index in [-0.39, 0.29) is 11.9 Å². The van der Waals surface area contributed by atoms with Gasteiger partial charge in [-0.2, -0.15) is 4.31 Å². The first kappa shape index (κ1) is 19.9. The van der Waals surface area contributed by atoms with Gasteiger partial charge in [0.15, 0.2) is 0 Å². The third-order valence-corrected chi connectivity index (χ3v) is 7.30. The van der Waals surface area contributed by atoms with E-state index in [0.29, 0.717) is 37.4 Å². The van der Waals surface area contributed by atoms with Crippen molar-refractivity contribution in [2.75, 3.05) is 19.7 Å². The molecule has 0 unspecified atom stereocenters. The predicted octanol–water partition coefficient (Wildman–Crippen LogP) is 3.27. The standard InChI is InChI=1S/C19H29NO4S/c1-6-11-24-19(21)17-7-9-20(10-8-17)25(22,23)18-15(4)13(2)12-14(3)16(18)5/h12,17H,6-11H2,1-5H3. The molecule has 1 aliphatic rings. The first-order valence-electron chi connectivity index (χ1n) is 8.94. The molecule has 6 heteroatoms. The Labute approximate surface area is 151 Å². The van der Waals surface area contributed by atoms with E-state index in [1.54, 1.807) is 0 Å². The van der Waals surface area contributed by atoms with Gasteiger partial charge in [0.2, 0.25) is 10.0 Å². The first-order valence-corrected chi connectivity index (χ1v) is 10.4. The molecule has 1 aromatic rings. The van der Waals surface area contributed by atoms with Crippen molar-refractivity contribution in [3.63, 3.8) is 0 Å². The van der Waals surface area contributed by atoms with Crippen LogP contribution in [0.15, 0.2) is 11.0 Å². The van der Waals surface area contributed by atoms with E-state index in [9.17, 15) is 13.2 Å². The Kier molecular flexibility index (Phi) is 6.27. The zero-order chi connectivity index (χ0) is 18.8. The van der Waals surface area contributed by atoms with E-state index >= 15 is 0 Å². The molecule has 25 heavy (non-hydrogen) atoms. The molecule has 0 atom stereocenters. The van der Waals surface area contributed by atoms with Crippen LogP contribution in [0.1, 0.15) is 48.4 Å². The molecule has 0 radical (unpaired) electrons. The number of hydrogen-bond donors (Lipinski definition) is 0. The highest BCUT2D eigenvalue weighted by Crippen LogP contribution is 2.31. The second kappa shape index (κ2) is 7.87. The summed E-state index contributed by atoms with van der Waals surface area (Å²) in [6.45, 7) is 10.7. The quantitative estimate of drug-likeness (QED) is 0.749. The summed E-state index contributed by atoms with van der Waals surface area (Å²) in [5, 5.41) is 0. The lowest BCUT2D eigenvalue weighted by atomic mass is 9.98. The number of nitrogens with zero attached hydrogens (tertiary/aromatic N) is 1. The highest BCUT2D eigenvalue weighted by atomic mass is 32.2. The van der Waals surface area contributed by atoms with E-state index in [2.05, 4.69) is 0 Å². The van der Waals surface area contributed by atoms with Crippen LogP contribution < -0.4 is 0 Å². The van der Waals surface area contributed by atoms with Crippen molar-refractivity contribution in [3.05, 3.63) is 28.3 Å². The van der Waals surface area contributed by atoms with Crippen LogP contribution >= 0.6 is 0 Å². The van der Waals surface area contributed by atoms with Crippen molar-refractivity contribution in [3.8, 4) is 0 Å². The number of esters is 1. The molecule has 5 nitrogen and oxygen atoms in total. The number of ether oxygens (including phenoxy) is 1. The molecule has 0 aromatic heterocycles. The van der Waals surface area contributed by atoms with Gasteiger partial charge in [-0.15, -0.1) is 0 Å². The number of piperidine rings is 1. The van der Waals surface area contributed by atoms with Crippen molar-refractivity contribution < 1.29 is 17.9 Å². The number of rotatable bonds is 5. The number of sulfonamides is 1. The second-order valence-electron chi connectivity index (χ2n) is 6.94. The fourth-order valence-corrected chi connectivity index (χ4v) is 5.39. The number of carbonyl (C=O) groups is 1. The molecule has 1 heterocycles. The minimum Gasteiger partial charge on any atom is -0.465 e. The monoisotopic (exact) mass is 367 g/mol. The van der Waals surface area contributed by atoms with E-state index in [4.69, 9.17) is 4.74 Å². The Morgan fingerprint density at radius 3 is 2.12 bits per heavy atom. The predicted molar refractivity (Wildman–Crippen MR) is 98.1 cm³/mol. The molecule has 1 fully saturated rings. The van der Waals surface area contributed by atoms with Gasteiger partial charge in [-0.1, -0.05) is 13.0 Å². The van der Waals surface area contributed by atoms with E-state index in [0.717, 1.165) is 28.7 Å². The Balaban J connectivity index is 2.20. The van der Waals surface area contributed by atoms with Crippen LogP contribution in [-0.4, -0.2) is 38.4 Å². The van der Waals surface area contributed by atoms with Crippen molar-refractivity contribution >= 4 is 16.0 Å². The maximum atomic E-state index is 13.2. The van der Waals surface area contributed by atoms with E-state index in [1.807, 2.05) is 40.7 Å². The van der Waals surface area contributed by atoms with Gasteiger partial charge in [0, 0.05) is 13.1 Å². The van der Waals surface area contributed by atoms with Crippen LogP contribution in [0.2, 0.25) is 0 Å². The summed E-state index contributed by atoms with van der Waals surface area (Å²) in [5.41, 5.74) is 3.60. The summed E-state index contributed by atoms with van der Waals surface area (Å²) in [5.74, 6) is -0.392. The van der Waals surface area contributed by atoms with Crippen LogP contribution in [-0.2, 0) is 19.6 Å². The molecule has 0 N–H and O–H groups in total. The molecule has 2 rings (SSSR count). The maximum absolute atomic E-state index is 13.2. The lowest BCUT2D eigenvalue weighted by Crippen LogP contribution is -2.41. The molecule has 0 saturated carbocycles. The SMILES string of the molecule is CCCOC(=O)C1CCN(S(=O)(=O)c2c(C)c(C)cc(C)c2C)CC1. The van der Waals surface area contributed by atoms with Gasteiger partial charge in [-0.25, -0.2) is 8.42 Å². The molecule has 1 aromatic carbocycles. The van der Waals surface area contributed by atoms with Gasteiger partial charge >= 0.3 is 5.97 Å². The van der Waals surface area contributed by atoms with Crippen LogP contribution in [0, 0.1) is 33.6 Å². The number of aryl methyl sites for hydroxylation is 2. The van der Waals surface area contributed by atoms with Crippen LogP contribution in [0.4, 0.5) is 0 Å². The molecule has 0 amide bonds. The van der Waals surface area contributed by atoms with Gasteiger partial charge in [0.25, 0.3) is 0 Å². The average Bonchev–Trinajstić information content (AvgIpc) is 2.58. The van der Waals surface area contributed by atoms with Crippen LogP contribution in [0.3, 0.4) is 0 Å². The van der Waals surface area contributed by atoms with Gasteiger partial charge in [0.1, 0.15) is 0 Å². The number of carbonyl (C=O) groups excluding carboxylic acids is 1. The highest BCUT2D eigenvalue weighted by molar-refractivity contribution is 7.89. The molecule has 140 valence electrons. The number of hydrogen-bond acceptors (Lipinski definition) is 4. The molecule has 0 bridgehead atoms. The molecule has 1 aliphatic heterocycles. The zero-order valence-electron chi connectivity index (χ0n) is 15.9. The third kappa shape index (κ3) is 4.06. The van der Waals surface area contributed by atoms with Gasteiger partial charge in [-0.3, -0.25) is 4.79 Å². The molecule has 1 saturated heterocycles. The minimum absolute atomic E-state index is 0.195. The summed E-state index contributed by atoms with van der Waals surface area (Å²) in [6.07, 6.45) is 1.83. The Hall–Kier alpha value is -1.40. The topological polar surface area (TPSA) is 63.7 Å². The van der Waals surface area contributed by atoms with Crippen molar-refractivity contribution in [1.82, 2.24) is 4.31 Å². The molecular weight excluding hydrogens is 338 g/mol. The third-order valence-electron chi connectivity index (χ3n) is 5.13. The normalized spacial score (nSPS) is 16.8. The van der Waals surface area contributed by atoms with E-state index < -0.39 is 10.0 Å². The van der Waals surface area contributed by atoms with E-state index in [1.165, 1.54) is 4.31 Å². The highest BCUT2D eigenvalue weighted by Gasteiger charge is 2.34. The zero-order valence-corrected chi connectivity index (χ0v) is 16.7. The van der Waals surface area contributed by atoms with Crippen LogP contribution in [0.5, 0.6) is 0 Å². The fourth-order valence-electron chi connectivity index (χ4n) is 3.35. The lowest BCUT2D eigenvalue weighted by molar-refractivity contribution is -0.149. The lowest BCUT2D eigenvalue weighted by Gasteiger charge is -2.31. The molecule has 0 spiro atoms. The maximum Gasteiger partial charge on any atom is 0.309 e. The van der Waals surface area contributed by atoms with Crippen molar-refractivity contribution in [2.24, 2.45) is 5.92 Å². The Morgan fingerprint density at radius 1 is 1.12 bits per heavy atom. The molecular formula is C19H29NO4S. The number of benzene rings is 1. The summed E-state index contributed by atoms with van der Waals surface area (Å²) in [4.78, 5) is 12.4. The average molecular weight is 368 g/mol.